The molecule has 0 rings (SSSR count). The highest BCUT2D eigenvalue weighted by Gasteiger charge is 2.30. The first kappa shape index (κ1) is 15.9. The van der Waals surface area contributed by atoms with Gasteiger partial charge in [-0.05, 0) is 39.5 Å². The highest BCUT2D eigenvalue weighted by molar-refractivity contribution is 7.58. The van der Waals surface area contributed by atoms with Crippen LogP contribution in [0.2, 0.25) is 0 Å². The summed E-state index contributed by atoms with van der Waals surface area (Å²) in [5, 5.41) is 14.3. The number of halogens is 1. The Morgan fingerprint density at radius 1 is 1.31 bits per heavy atom. The lowest BCUT2D eigenvalue weighted by molar-refractivity contribution is 0.485. The summed E-state index contributed by atoms with van der Waals surface area (Å²) in [6, 6.07) is 2.06. The molecule has 0 fully saturated rings. The van der Waals surface area contributed by atoms with Gasteiger partial charge in [0.2, 0.25) is 0 Å². The molecule has 0 unspecified atom stereocenters. The lowest BCUT2D eigenvalue weighted by atomic mass is 10.4. The van der Waals surface area contributed by atoms with Gasteiger partial charge in [0.15, 0.2) is 0 Å². The minimum Gasteiger partial charge on any atom is -0.270 e. The Bertz CT molecular complexity index is 276. The number of rotatable bonds is 7. The summed E-state index contributed by atoms with van der Waals surface area (Å²) < 4.78 is 13.7. The largest absolute Gasteiger partial charge is 0.295 e. The maximum Gasteiger partial charge on any atom is 0.295 e. The summed E-state index contributed by atoms with van der Waals surface area (Å²) in [5.74, 6) is 0. The van der Waals surface area contributed by atoms with E-state index >= 15 is 0 Å². The molecule has 0 saturated carbocycles. The zero-order valence-corrected chi connectivity index (χ0v) is 11.8. The normalized spacial score (nSPS) is 12.4. The topological polar surface area (TPSA) is 68.2 Å². The van der Waals surface area contributed by atoms with E-state index in [1.807, 2.05) is 33.8 Å². The molecule has 0 amide bonds. The Morgan fingerprint density at radius 3 is 2.06 bits per heavy atom. The van der Waals surface area contributed by atoms with Gasteiger partial charge in [-0.3, -0.25) is 4.57 Å². The van der Waals surface area contributed by atoms with Gasteiger partial charge in [-0.15, -0.1) is 4.19 Å². The van der Waals surface area contributed by atoms with E-state index in [1.54, 1.807) is 0 Å². The molecule has 0 saturated heterocycles. The fourth-order valence-electron chi connectivity index (χ4n) is 1.15. The van der Waals surface area contributed by atoms with Crippen LogP contribution in [0.5, 0.6) is 0 Å². The molecule has 2 N–H and O–H groups in total. The Labute approximate surface area is 103 Å². The predicted octanol–water partition coefficient (Wildman–Crippen LogP) is 2.46. The third kappa shape index (κ3) is 5.83. The Morgan fingerprint density at radius 2 is 1.75 bits per heavy atom. The fourth-order valence-corrected chi connectivity index (χ4v) is 3.60. The van der Waals surface area contributed by atoms with Crippen LogP contribution in [-0.2, 0) is 4.57 Å². The first-order chi connectivity index (χ1) is 7.31. The molecule has 0 aliphatic heterocycles. The molecule has 16 heavy (non-hydrogen) atoms. The van der Waals surface area contributed by atoms with Crippen LogP contribution < -0.4 is 10.2 Å². The maximum atomic E-state index is 12.5. The van der Waals surface area contributed by atoms with Gasteiger partial charge in [-0.25, -0.2) is 10.2 Å². The second kappa shape index (κ2) is 7.26. The Kier molecular flexibility index (Phi) is 7.21. The smallest absolute Gasteiger partial charge is 0.270 e. The Hall–Kier alpha value is -0.110. The standard InChI is InChI=1S/C9H20ClN4OP/c1-8(2)12-16(15,13-9(3)4)14(10)7-5-6-11/h8-9H,5,7H2,1-4H3,(H2,12,13,15). The second-order valence-corrected chi connectivity index (χ2v) is 6.91. The zero-order chi connectivity index (χ0) is 12.8. The summed E-state index contributed by atoms with van der Waals surface area (Å²) in [6.45, 7) is 7.83. The van der Waals surface area contributed by atoms with Crippen LogP contribution in [0, 0.1) is 11.3 Å². The zero-order valence-electron chi connectivity index (χ0n) is 10.2. The Balaban J connectivity index is 4.64. The molecular formula is C9H20ClN4OP. The van der Waals surface area contributed by atoms with E-state index in [2.05, 4.69) is 10.2 Å². The molecule has 0 heterocycles. The van der Waals surface area contributed by atoms with Crippen LogP contribution in [0.1, 0.15) is 34.1 Å². The van der Waals surface area contributed by atoms with E-state index in [4.69, 9.17) is 17.0 Å². The molecule has 94 valence electrons. The van der Waals surface area contributed by atoms with Gasteiger partial charge in [0.05, 0.1) is 6.07 Å². The van der Waals surface area contributed by atoms with Crippen molar-refractivity contribution in [3.05, 3.63) is 0 Å². The summed E-state index contributed by atoms with van der Waals surface area (Å²) >= 11 is 5.95. The highest BCUT2D eigenvalue weighted by atomic mass is 35.5. The van der Waals surface area contributed by atoms with Crippen LogP contribution in [0.25, 0.3) is 0 Å². The van der Waals surface area contributed by atoms with Gasteiger partial charge in [0.1, 0.15) is 0 Å². The molecule has 0 atom stereocenters. The number of nitrogens with one attached hydrogen (secondary N) is 2. The van der Waals surface area contributed by atoms with Crippen LogP contribution >= 0.6 is 19.4 Å². The quantitative estimate of drug-likeness (QED) is 0.547. The average Bonchev–Trinajstić information content (AvgIpc) is 2.11. The number of nitrogens with zero attached hydrogens (tertiary/aromatic N) is 2. The fraction of sp³-hybridized carbons (Fsp3) is 0.889. The first-order valence-corrected chi connectivity index (χ1v) is 7.28. The van der Waals surface area contributed by atoms with Crippen molar-refractivity contribution in [3.8, 4) is 6.07 Å². The number of nitriles is 1. The van der Waals surface area contributed by atoms with Crippen molar-refractivity contribution in [1.82, 2.24) is 14.4 Å². The van der Waals surface area contributed by atoms with Crippen LogP contribution in [0.3, 0.4) is 0 Å². The van der Waals surface area contributed by atoms with Gasteiger partial charge in [-0.1, -0.05) is 0 Å². The SMILES string of the molecule is CC(C)NP(=O)(NC(C)C)N(Cl)CCC#N. The molecule has 0 radical (unpaired) electrons. The van der Waals surface area contributed by atoms with Crippen LogP contribution in [-0.4, -0.2) is 22.8 Å². The molecule has 0 bridgehead atoms. The molecule has 0 aliphatic rings. The molecule has 0 aromatic rings. The van der Waals surface area contributed by atoms with E-state index in [9.17, 15) is 4.57 Å². The van der Waals surface area contributed by atoms with Crippen molar-refractivity contribution in [3.63, 3.8) is 0 Å². The van der Waals surface area contributed by atoms with Crippen LogP contribution in [0.4, 0.5) is 0 Å². The van der Waals surface area contributed by atoms with E-state index in [-0.39, 0.29) is 25.0 Å². The maximum absolute atomic E-state index is 12.5. The van der Waals surface area contributed by atoms with Gasteiger partial charge in [0.25, 0.3) is 7.59 Å². The van der Waals surface area contributed by atoms with E-state index in [1.165, 1.54) is 4.19 Å². The third-order valence-corrected chi connectivity index (χ3v) is 4.93. The van der Waals surface area contributed by atoms with Crippen molar-refractivity contribution in [2.75, 3.05) is 6.54 Å². The van der Waals surface area contributed by atoms with Crippen molar-refractivity contribution >= 4 is 19.4 Å². The predicted molar refractivity (Wildman–Crippen MR) is 66.9 cm³/mol. The van der Waals surface area contributed by atoms with Crippen molar-refractivity contribution < 1.29 is 4.57 Å². The monoisotopic (exact) mass is 266 g/mol. The molecule has 7 heteroatoms. The summed E-state index contributed by atoms with van der Waals surface area (Å²) in [4.78, 5) is 0. The molecule has 0 aliphatic carbocycles. The lowest BCUT2D eigenvalue weighted by Crippen LogP contribution is -2.37. The molecule has 0 aromatic carbocycles. The van der Waals surface area contributed by atoms with Gasteiger partial charge < -0.3 is 0 Å². The van der Waals surface area contributed by atoms with E-state index in [0.717, 1.165) is 0 Å². The summed E-state index contributed by atoms with van der Waals surface area (Å²) in [7, 11) is -3.00. The highest BCUT2D eigenvalue weighted by Crippen LogP contribution is 2.43. The lowest BCUT2D eigenvalue weighted by Gasteiger charge is -2.29. The van der Waals surface area contributed by atoms with Crippen molar-refractivity contribution in [2.24, 2.45) is 0 Å². The third-order valence-electron chi connectivity index (χ3n) is 1.58. The molecule has 5 nitrogen and oxygen atoms in total. The van der Waals surface area contributed by atoms with Crippen LogP contribution in [0.15, 0.2) is 0 Å². The average molecular weight is 267 g/mol. The second-order valence-electron chi connectivity index (χ2n) is 4.11. The number of hydrogen-bond donors (Lipinski definition) is 2. The first-order valence-electron chi connectivity index (χ1n) is 5.28. The molecule has 0 aromatic heterocycles. The molecule has 0 spiro atoms. The van der Waals surface area contributed by atoms with Gasteiger partial charge in [0, 0.05) is 25.0 Å². The van der Waals surface area contributed by atoms with E-state index in [0.29, 0.717) is 0 Å². The van der Waals surface area contributed by atoms with Crippen molar-refractivity contribution in [2.45, 2.75) is 46.2 Å². The van der Waals surface area contributed by atoms with Crippen molar-refractivity contribution in [1.29, 1.82) is 5.26 Å². The minimum absolute atomic E-state index is 0.0421. The summed E-state index contributed by atoms with van der Waals surface area (Å²) in [5.41, 5.74) is 0. The van der Waals surface area contributed by atoms with E-state index < -0.39 is 7.59 Å². The molecular weight excluding hydrogens is 247 g/mol. The summed E-state index contributed by atoms with van der Waals surface area (Å²) in [6.07, 6.45) is 0.243. The number of hydrogen-bond acceptors (Lipinski definition) is 2. The van der Waals surface area contributed by atoms with Gasteiger partial charge in [-0.2, -0.15) is 5.26 Å². The minimum atomic E-state index is -3.00. The van der Waals surface area contributed by atoms with Gasteiger partial charge >= 0.3 is 0 Å².